The van der Waals surface area contributed by atoms with Gasteiger partial charge in [0.05, 0.1) is 0 Å². The number of nitrogens with two attached hydrogens (primary N) is 1. The lowest BCUT2D eigenvalue weighted by Crippen LogP contribution is -2.38. The lowest BCUT2D eigenvalue weighted by molar-refractivity contribution is 0.311. The van der Waals surface area contributed by atoms with E-state index in [0.717, 1.165) is 12.5 Å². The van der Waals surface area contributed by atoms with Crippen LogP contribution in [0.1, 0.15) is 25.7 Å². The molecule has 1 rings (SSSR count). The van der Waals surface area contributed by atoms with Crippen molar-refractivity contribution in [2.75, 3.05) is 20.6 Å². The highest BCUT2D eigenvalue weighted by molar-refractivity contribution is 4.79. The molecule has 0 spiro atoms. The SMILES string of the molecule is CN(C)CC(N)C1CCCC1. The molecule has 0 radical (unpaired) electrons. The van der Waals surface area contributed by atoms with E-state index < -0.39 is 0 Å². The fourth-order valence-corrected chi connectivity index (χ4v) is 1.96. The highest BCUT2D eigenvalue weighted by Crippen LogP contribution is 2.26. The van der Waals surface area contributed by atoms with Crippen LogP contribution in [-0.2, 0) is 0 Å². The van der Waals surface area contributed by atoms with Gasteiger partial charge in [0, 0.05) is 12.6 Å². The first kappa shape index (κ1) is 9.01. The second kappa shape index (κ2) is 4.07. The summed E-state index contributed by atoms with van der Waals surface area (Å²) in [6.45, 7) is 1.05. The number of rotatable bonds is 3. The molecule has 66 valence electrons. The zero-order valence-electron chi connectivity index (χ0n) is 7.71. The maximum Gasteiger partial charge on any atom is 0.0196 e. The molecule has 2 N–H and O–H groups in total. The standard InChI is InChI=1S/C9H20N2/c1-11(2)7-9(10)8-5-3-4-6-8/h8-9H,3-7,10H2,1-2H3. The molecule has 11 heavy (non-hydrogen) atoms. The zero-order valence-corrected chi connectivity index (χ0v) is 7.71. The minimum absolute atomic E-state index is 0.410. The van der Waals surface area contributed by atoms with Crippen LogP contribution in [0.5, 0.6) is 0 Å². The van der Waals surface area contributed by atoms with Crippen LogP contribution in [0, 0.1) is 5.92 Å². The van der Waals surface area contributed by atoms with E-state index >= 15 is 0 Å². The molecule has 0 aromatic carbocycles. The summed E-state index contributed by atoms with van der Waals surface area (Å²) in [6.07, 6.45) is 5.50. The lowest BCUT2D eigenvalue weighted by Gasteiger charge is -2.22. The molecule has 2 heteroatoms. The van der Waals surface area contributed by atoms with Crippen LogP contribution in [0.4, 0.5) is 0 Å². The molecule has 1 aliphatic carbocycles. The fraction of sp³-hybridized carbons (Fsp3) is 1.00. The molecular weight excluding hydrogens is 136 g/mol. The second-order valence-electron chi connectivity index (χ2n) is 3.97. The zero-order chi connectivity index (χ0) is 8.27. The number of hydrogen-bond donors (Lipinski definition) is 1. The molecule has 0 aromatic heterocycles. The molecule has 1 unspecified atom stereocenters. The monoisotopic (exact) mass is 156 g/mol. The summed E-state index contributed by atoms with van der Waals surface area (Å²) < 4.78 is 0. The Labute approximate surface area is 69.8 Å². The van der Waals surface area contributed by atoms with Gasteiger partial charge >= 0.3 is 0 Å². The summed E-state index contributed by atoms with van der Waals surface area (Å²) in [5.74, 6) is 0.803. The molecule has 0 aliphatic heterocycles. The molecule has 2 nitrogen and oxygen atoms in total. The molecule has 1 saturated carbocycles. The summed E-state index contributed by atoms with van der Waals surface area (Å²) in [6, 6.07) is 0.410. The Balaban J connectivity index is 2.22. The van der Waals surface area contributed by atoms with Gasteiger partial charge in [0.25, 0.3) is 0 Å². The predicted octanol–water partition coefficient (Wildman–Crippen LogP) is 1.07. The summed E-state index contributed by atoms with van der Waals surface area (Å²) in [4.78, 5) is 2.18. The van der Waals surface area contributed by atoms with E-state index in [1.165, 1.54) is 25.7 Å². The van der Waals surface area contributed by atoms with Crippen molar-refractivity contribution in [2.24, 2.45) is 11.7 Å². The van der Waals surface area contributed by atoms with Gasteiger partial charge in [-0.3, -0.25) is 0 Å². The van der Waals surface area contributed by atoms with Crippen LogP contribution in [0.15, 0.2) is 0 Å². The van der Waals surface area contributed by atoms with Crippen molar-refractivity contribution in [3.63, 3.8) is 0 Å². The predicted molar refractivity (Wildman–Crippen MR) is 48.5 cm³/mol. The molecule has 0 amide bonds. The van der Waals surface area contributed by atoms with Gasteiger partial charge in [-0.2, -0.15) is 0 Å². The number of nitrogens with zero attached hydrogens (tertiary/aromatic N) is 1. The van der Waals surface area contributed by atoms with Crippen molar-refractivity contribution in [3.8, 4) is 0 Å². The van der Waals surface area contributed by atoms with Crippen molar-refractivity contribution >= 4 is 0 Å². The van der Waals surface area contributed by atoms with Gasteiger partial charge < -0.3 is 10.6 Å². The molecule has 0 saturated heterocycles. The lowest BCUT2D eigenvalue weighted by atomic mass is 9.99. The number of likely N-dealkylation sites (N-methyl/N-ethyl adjacent to an activating group) is 1. The van der Waals surface area contributed by atoms with E-state index in [1.807, 2.05) is 0 Å². The normalized spacial score (nSPS) is 22.9. The Kier molecular flexibility index (Phi) is 3.34. The molecule has 1 aliphatic rings. The molecule has 0 heterocycles. The van der Waals surface area contributed by atoms with Crippen molar-refractivity contribution in [2.45, 2.75) is 31.7 Å². The van der Waals surface area contributed by atoms with Gasteiger partial charge in [0.15, 0.2) is 0 Å². The number of hydrogen-bond acceptors (Lipinski definition) is 2. The van der Waals surface area contributed by atoms with Crippen LogP contribution >= 0.6 is 0 Å². The van der Waals surface area contributed by atoms with E-state index in [1.54, 1.807) is 0 Å². The van der Waals surface area contributed by atoms with Crippen LogP contribution < -0.4 is 5.73 Å². The maximum atomic E-state index is 6.04. The maximum absolute atomic E-state index is 6.04. The first-order valence-electron chi connectivity index (χ1n) is 4.60. The Morgan fingerprint density at radius 2 is 1.91 bits per heavy atom. The van der Waals surface area contributed by atoms with Gasteiger partial charge in [-0.05, 0) is 32.9 Å². The summed E-state index contributed by atoms with van der Waals surface area (Å²) in [5.41, 5.74) is 6.04. The summed E-state index contributed by atoms with van der Waals surface area (Å²) in [5, 5.41) is 0. The Morgan fingerprint density at radius 3 is 2.36 bits per heavy atom. The smallest absolute Gasteiger partial charge is 0.0196 e. The van der Waals surface area contributed by atoms with E-state index in [2.05, 4.69) is 19.0 Å². The van der Waals surface area contributed by atoms with Gasteiger partial charge in [0.1, 0.15) is 0 Å². The minimum Gasteiger partial charge on any atom is -0.326 e. The highest BCUT2D eigenvalue weighted by Gasteiger charge is 2.21. The van der Waals surface area contributed by atoms with Gasteiger partial charge in [-0.15, -0.1) is 0 Å². The Hall–Kier alpha value is -0.0800. The van der Waals surface area contributed by atoms with Gasteiger partial charge in [-0.1, -0.05) is 12.8 Å². The summed E-state index contributed by atoms with van der Waals surface area (Å²) in [7, 11) is 4.18. The molecule has 1 atom stereocenters. The molecule has 0 aromatic rings. The van der Waals surface area contributed by atoms with Crippen molar-refractivity contribution < 1.29 is 0 Å². The van der Waals surface area contributed by atoms with Crippen molar-refractivity contribution in [3.05, 3.63) is 0 Å². The average molecular weight is 156 g/mol. The van der Waals surface area contributed by atoms with Crippen LogP contribution in [0.3, 0.4) is 0 Å². The third-order valence-corrected chi connectivity index (χ3v) is 2.58. The molecule has 1 fully saturated rings. The van der Waals surface area contributed by atoms with E-state index in [-0.39, 0.29) is 0 Å². The third kappa shape index (κ3) is 2.80. The van der Waals surface area contributed by atoms with Crippen LogP contribution in [-0.4, -0.2) is 31.6 Å². The first-order chi connectivity index (χ1) is 5.20. The van der Waals surface area contributed by atoms with E-state index in [4.69, 9.17) is 5.73 Å². The minimum atomic E-state index is 0.410. The van der Waals surface area contributed by atoms with E-state index in [9.17, 15) is 0 Å². The quantitative estimate of drug-likeness (QED) is 0.662. The second-order valence-corrected chi connectivity index (χ2v) is 3.97. The van der Waals surface area contributed by atoms with Gasteiger partial charge in [-0.25, -0.2) is 0 Å². The Bertz CT molecular complexity index is 106. The van der Waals surface area contributed by atoms with Crippen molar-refractivity contribution in [1.29, 1.82) is 0 Å². The molecule has 0 bridgehead atoms. The van der Waals surface area contributed by atoms with Gasteiger partial charge in [0.2, 0.25) is 0 Å². The van der Waals surface area contributed by atoms with Crippen molar-refractivity contribution in [1.82, 2.24) is 4.90 Å². The molecular formula is C9H20N2. The topological polar surface area (TPSA) is 29.3 Å². The first-order valence-corrected chi connectivity index (χ1v) is 4.60. The highest BCUT2D eigenvalue weighted by atomic mass is 15.1. The van der Waals surface area contributed by atoms with Crippen LogP contribution in [0.2, 0.25) is 0 Å². The fourth-order valence-electron chi connectivity index (χ4n) is 1.96. The van der Waals surface area contributed by atoms with E-state index in [0.29, 0.717) is 6.04 Å². The summed E-state index contributed by atoms with van der Waals surface area (Å²) >= 11 is 0. The Morgan fingerprint density at radius 1 is 1.36 bits per heavy atom. The van der Waals surface area contributed by atoms with Crippen LogP contribution in [0.25, 0.3) is 0 Å². The third-order valence-electron chi connectivity index (χ3n) is 2.58. The largest absolute Gasteiger partial charge is 0.326 e. The average Bonchev–Trinajstić information content (AvgIpc) is 2.35.